The van der Waals surface area contributed by atoms with Crippen molar-refractivity contribution in [1.29, 1.82) is 0 Å². The van der Waals surface area contributed by atoms with Gasteiger partial charge < -0.3 is 15.3 Å². The minimum Gasteiger partial charge on any atom is -0.479 e. The summed E-state index contributed by atoms with van der Waals surface area (Å²) in [5.74, 6) is -0.676. The Hall–Kier alpha value is -2.04. The Kier molecular flexibility index (Phi) is 6.72. The van der Waals surface area contributed by atoms with Crippen molar-refractivity contribution in [3.8, 4) is 0 Å². The fraction of sp³-hybridized carbons (Fsp3) is 0.500. The highest BCUT2D eigenvalue weighted by molar-refractivity contribution is 5.83. The first kappa shape index (κ1) is 17.0. The third-order valence-electron chi connectivity index (χ3n) is 3.55. The topological polar surface area (TPSA) is 69.6 Å². The Morgan fingerprint density at radius 1 is 1.24 bits per heavy atom. The maximum absolute atomic E-state index is 12.3. The molecule has 2 amide bonds. The van der Waals surface area contributed by atoms with Gasteiger partial charge in [-0.15, -0.1) is 0 Å². The summed E-state index contributed by atoms with van der Waals surface area (Å²) in [6, 6.07) is 7.36. The average molecular weight is 292 g/mol. The zero-order chi connectivity index (χ0) is 15.8. The first-order valence-electron chi connectivity index (χ1n) is 7.32. The van der Waals surface area contributed by atoms with Crippen LogP contribution in [0.2, 0.25) is 0 Å². The second kappa shape index (κ2) is 8.29. The van der Waals surface area contributed by atoms with E-state index in [9.17, 15) is 14.7 Å². The molecule has 1 rings (SSSR count). The summed E-state index contributed by atoms with van der Waals surface area (Å²) in [7, 11) is 0. The molecule has 1 aromatic carbocycles. The molecule has 0 aromatic heterocycles. The number of nitrogens with one attached hydrogen (secondary N) is 1. The van der Waals surface area contributed by atoms with E-state index < -0.39 is 12.0 Å². The van der Waals surface area contributed by atoms with Crippen LogP contribution < -0.4 is 5.32 Å². The molecule has 0 aliphatic heterocycles. The van der Waals surface area contributed by atoms with Gasteiger partial charge in [0.1, 0.15) is 0 Å². The normalized spacial score (nSPS) is 13.3. The van der Waals surface area contributed by atoms with Crippen molar-refractivity contribution in [2.45, 2.75) is 33.2 Å². The van der Waals surface area contributed by atoms with E-state index in [1.165, 1.54) is 0 Å². The third-order valence-corrected chi connectivity index (χ3v) is 3.55. The van der Waals surface area contributed by atoms with Gasteiger partial charge in [0.25, 0.3) is 0 Å². The molecule has 0 spiro atoms. The summed E-state index contributed by atoms with van der Waals surface area (Å²) in [5.41, 5.74) is 0.568. The van der Waals surface area contributed by atoms with Crippen molar-refractivity contribution in [1.82, 2.24) is 10.2 Å². The van der Waals surface area contributed by atoms with Crippen LogP contribution in [0.3, 0.4) is 0 Å². The Bertz CT molecular complexity index is 462. The molecule has 5 heteroatoms. The molecule has 0 bridgehead atoms. The van der Waals surface area contributed by atoms with Crippen molar-refractivity contribution in [3.63, 3.8) is 0 Å². The van der Waals surface area contributed by atoms with Gasteiger partial charge in [-0.2, -0.15) is 0 Å². The molecule has 0 aliphatic rings. The molecule has 116 valence electrons. The first-order valence-corrected chi connectivity index (χ1v) is 7.32. The molecule has 2 N–H and O–H groups in total. The molecule has 0 fully saturated rings. The molecular weight excluding hydrogens is 268 g/mol. The molecule has 1 unspecified atom stereocenters. The molecule has 0 aliphatic carbocycles. The van der Waals surface area contributed by atoms with Crippen LogP contribution in [0, 0.1) is 5.92 Å². The van der Waals surface area contributed by atoms with Crippen LogP contribution in [0.4, 0.5) is 4.79 Å². The highest BCUT2D eigenvalue weighted by Gasteiger charge is 2.24. The summed E-state index contributed by atoms with van der Waals surface area (Å²) in [6.45, 7) is 7.21. The lowest BCUT2D eigenvalue weighted by atomic mass is 10.1. The summed E-state index contributed by atoms with van der Waals surface area (Å²) in [5, 5.41) is 11.9. The van der Waals surface area contributed by atoms with Gasteiger partial charge in [0.05, 0.1) is 0 Å². The van der Waals surface area contributed by atoms with Crippen LogP contribution >= 0.6 is 0 Å². The Balaban J connectivity index is 2.79. The molecule has 0 heterocycles. The van der Waals surface area contributed by atoms with Crippen LogP contribution in [0.1, 0.15) is 38.8 Å². The maximum Gasteiger partial charge on any atom is 0.330 e. The Labute approximate surface area is 126 Å². The van der Waals surface area contributed by atoms with Gasteiger partial charge in [0.2, 0.25) is 0 Å². The SMILES string of the molecule is CCC(C)CN(CC)C(=O)N[C@@H](C(=O)O)c1ccccc1. The second-order valence-electron chi connectivity index (χ2n) is 5.18. The van der Waals surface area contributed by atoms with Gasteiger partial charge in [0.15, 0.2) is 6.04 Å². The predicted molar refractivity (Wildman–Crippen MR) is 82.1 cm³/mol. The van der Waals surface area contributed by atoms with Gasteiger partial charge >= 0.3 is 12.0 Å². The van der Waals surface area contributed by atoms with E-state index in [-0.39, 0.29) is 6.03 Å². The maximum atomic E-state index is 12.3. The number of nitrogens with zero attached hydrogens (tertiary/aromatic N) is 1. The monoisotopic (exact) mass is 292 g/mol. The molecule has 0 saturated carbocycles. The van der Waals surface area contributed by atoms with E-state index in [4.69, 9.17) is 0 Å². The molecule has 0 radical (unpaired) electrons. The van der Waals surface area contributed by atoms with Crippen LogP contribution in [0.15, 0.2) is 30.3 Å². The van der Waals surface area contributed by atoms with Gasteiger partial charge in [-0.1, -0.05) is 50.6 Å². The van der Waals surface area contributed by atoms with E-state index >= 15 is 0 Å². The minimum atomic E-state index is -1.06. The number of hydrogen-bond donors (Lipinski definition) is 2. The van der Waals surface area contributed by atoms with Gasteiger partial charge in [-0.25, -0.2) is 9.59 Å². The fourth-order valence-corrected chi connectivity index (χ4v) is 2.01. The average Bonchev–Trinajstić information content (AvgIpc) is 2.50. The van der Waals surface area contributed by atoms with Crippen molar-refractivity contribution >= 4 is 12.0 Å². The van der Waals surface area contributed by atoms with Crippen molar-refractivity contribution in [2.24, 2.45) is 5.92 Å². The summed E-state index contributed by atoms with van der Waals surface area (Å²) in [4.78, 5) is 25.3. The smallest absolute Gasteiger partial charge is 0.330 e. The van der Waals surface area contributed by atoms with Crippen molar-refractivity contribution in [2.75, 3.05) is 13.1 Å². The predicted octanol–water partition coefficient (Wildman–Crippen LogP) is 2.89. The van der Waals surface area contributed by atoms with E-state index in [1.54, 1.807) is 29.2 Å². The molecule has 5 nitrogen and oxygen atoms in total. The van der Waals surface area contributed by atoms with Crippen LogP contribution in [0.25, 0.3) is 0 Å². The largest absolute Gasteiger partial charge is 0.479 e. The Morgan fingerprint density at radius 2 is 1.86 bits per heavy atom. The quantitative estimate of drug-likeness (QED) is 0.812. The number of carbonyl (C=O) groups excluding carboxylic acids is 1. The number of carboxylic acid groups (broad SMARTS) is 1. The fourth-order valence-electron chi connectivity index (χ4n) is 2.01. The van der Waals surface area contributed by atoms with E-state index in [0.717, 1.165) is 6.42 Å². The van der Waals surface area contributed by atoms with Gasteiger partial charge in [-0.3, -0.25) is 0 Å². The van der Waals surface area contributed by atoms with Crippen LogP contribution in [0.5, 0.6) is 0 Å². The minimum absolute atomic E-state index is 0.339. The van der Waals surface area contributed by atoms with Crippen LogP contribution in [-0.4, -0.2) is 35.1 Å². The molecule has 21 heavy (non-hydrogen) atoms. The standard InChI is InChI=1S/C16H24N2O3/c1-4-12(3)11-18(5-2)16(21)17-14(15(19)20)13-9-7-6-8-10-13/h6-10,12,14H,4-5,11H2,1-3H3,(H,17,21)(H,19,20)/t12?,14-/m1/s1. The highest BCUT2D eigenvalue weighted by Crippen LogP contribution is 2.14. The number of rotatable bonds is 7. The van der Waals surface area contributed by atoms with E-state index in [1.807, 2.05) is 13.0 Å². The molecule has 1 aromatic rings. The number of carboxylic acids is 1. The lowest BCUT2D eigenvalue weighted by molar-refractivity contribution is -0.139. The molecule has 2 atom stereocenters. The number of aliphatic carboxylic acids is 1. The highest BCUT2D eigenvalue weighted by atomic mass is 16.4. The summed E-state index contributed by atoms with van der Waals surface area (Å²) in [6.07, 6.45) is 0.977. The van der Waals surface area contributed by atoms with Crippen molar-refractivity contribution < 1.29 is 14.7 Å². The Morgan fingerprint density at radius 3 is 2.33 bits per heavy atom. The number of carbonyl (C=O) groups is 2. The number of urea groups is 1. The van der Waals surface area contributed by atoms with Gasteiger partial charge in [-0.05, 0) is 18.4 Å². The number of hydrogen-bond acceptors (Lipinski definition) is 2. The number of benzene rings is 1. The summed E-state index contributed by atoms with van der Waals surface area (Å²) >= 11 is 0. The second-order valence-corrected chi connectivity index (χ2v) is 5.18. The lowest BCUT2D eigenvalue weighted by Gasteiger charge is -2.26. The third kappa shape index (κ3) is 5.10. The van der Waals surface area contributed by atoms with E-state index in [0.29, 0.717) is 24.6 Å². The molecular formula is C16H24N2O3. The summed E-state index contributed by atoms with van der Waals surface area (Å²) < 4.78 is 0. The van der Waals surface area contributed by atoms with E-state index in [2.05, 4.69) is 19.2 Å². The van der Waals surface area contributed by atoms with Crippen molar-refractivity contribution in [3.05, 3.63) is 35.9 Å². The first-order chi connectivity index (χ1) is 9.99. The van der Waals surface area contributed by atoms with Crippen LogP contribution in [-0.2, 0) is 4.79 Å². The zero-order valence-corrected chi connectivity index (χ0v) is 12.9. The van der Waals surface area contributed by atoms with Gasteiger partial charge in [0, 0.05) is 13.1 Å². The zero-order valence-electron chi connectivity index (χ0n) is 12.9. The number of amides is 2. The molecule has 0 saturated heterocycles. The lowest BCUT2D eigenvalue weighted by Crippen LogP contribution is -2.45.